The number of nitrogens with zero attached hydrogens (tertiary/aromatic N) is 1. The van der Waals surface area contributed by atoms with Crippen molar-refractivity contribution >= 4 is 18.0 Å². The zero-order valence-electron chi connectivity index (χ0n) is 12.9. The van der Waals surface area contributed by atoms with E-state index in [4.69, 9.17) is 14.7 Å². The summed E-state index contributed by atoms with van der Waals surface area (Å²) in [6, 6.07) is 10.7. The number of nitriles is 1. The van der Waals surface area contributed by atoms with Crippen molar-refractivity contribution in [3.05, 3.63) is 41.5 Å². The summed E-state index contributed by atoms with van der Waals surface area (Å²) in [6.45, 7) is 5.35. The number of carbonyl (C=O) groups excluding carboxylic acids is 2. The van der Waals surface area contributed by atoms with Crippen molar-refractivity contribution in [3.63, 3.8) is 0 Å². The largest absolute Gasteiger partial charge is 0.463 e. The molecule has 5 nitrogen and oxygen atoms in total. The van der Waals surface area contributed by atoms with E-state index in [0.29, 0.717) is 5.56 Å². The van der Waals surface area contributed by atoms with Crippen LogP contribution < -0.4 is 0 Å². The van der Waals surface area contributed by atoms with Crippen molar-refractivity contribution in [3.8, 4) is 6.07 Å². The molecule has 0 bridgehead atoms. The molecule has 0 N–H and O–H groups in total. The Morgan fingerprint density at radius 1 is 1.27 bits per heavy atom. The molecule has 0 saturated carbocycles. The van der Waals surface area contributed by atoms with Crippen LogP contribution in [0.15, 0.2) is 35.9 Å². The predicted octanol–water partition coefficient (Wildman–Crippen LogP) is 2.72. The van der Waals surface area contributed by atoms with Gasteiger partial charge in [0.15, 0.2) is 0 Å². The number of benzene rings is 1. The second kappa shape index (κ2) is 8.63. The average Bonchev–Trinajstić information content (AvgIpc) is 2.50. The van der Waals surface area contributed by atoms with Crippen LogP contribution in [0.2, 0.25) is 0 Å². The quantitative estimate of drug-likeness (QED) is 0.459. The third-order valence-corrected chi connectivity index (χ3v) is 2.81. The lowest BCUT2D eigenvalue weighted by molar-refractivity contribution is -0.168. The van der Waals surface area contributed by atoms with Gasteiger partial charge < -0.3 is 9.47 Å². The summed E-state index contributed by atoms with van der Waals surface area (Å²) in [6.07, 6.45) is 0.394. The third-order valence-electron chi connectivity index (χ3n) is 2.81. The highest BCUT2D eigenvalue weighted by Gasteiger charge is 2.29. The van der Waals surface area contributed by atoms with Gasteiger partial charge in [-0.15, -0.1) is 0 Å². The molecule has 0 fully saturated rings. The Kier molecular flexibility index (Phi) is 6.84. The minimum absolute atomic E-state index is 0.166. The van der Waals surface area contributed by atoms with E-state index in [1.165, 1.54) is 6.08 Å². The van der Waals surface area contributed by atoms with E-state index in [1.54, 1.807) is 51.1 Å². The van der Waals surface area contributed by atoms with Crippen LogP contribution in [-0.2, 0) is 19.1 Å². The van der Waals surface area contributed by atoms with Crippen LogP contribution in [0.5, 0.6) is 0 Å². The van der Waals surface area contributed by atoms with Crippen LogP contribution in [0.3, 0.4) is 0 Å². The second-order valence-electron chi connectivity index (χ2n) is 4.90. The number of carbonyl (C=O) groups is 2. The SMILES string of the molecule is CCOC(=O)[C@@H](OC(=O)C(C#N)=Cc1ccccc1)C(C)C. The fourth-order valence-electron chi connectivity index (χ4n) is 1.71. The lowest BCUT2D eigenvalue weighted by Crippen LogP contribution is -2.34. The summed E-state index contributed by atoms with van der Waals surface area (Å²) in [5.74, 6) is -1.69. The molecule has 0 amide bonds. The van der Waals surface area contributed by atoms with E-state index in [1.807, 2.05) is 6.07 Å². The fraction of sp³-hybridized carbons (Fsp3) is 0.353. The third kappa shape index (κ3) is 5.06. The summed E-state index contributed by atoms with van der Waals surface area (Å²) >= 11 is 0. The zero-order valence-corrected chi connectivity index (χ0v) is 12.9. The van der Waals surface area contributed by atoms with E-state index in [9.17, 15) is 9.59 Å². The minimum Gasteiger partial charge on any atom is -0.463 e. The maximum atomic E-state index is 12.1. The molecule has 0 aliphatic rings. The number of esters is 2. The lowest BCUT2D eigenvalue weighted by atomic mass is 10.1. The van der Waals surface area contributed by atoms with Crippen LogP contribution in [0.25, 0.3) is 6.08 Å². The zero-order chi connectivity index (χ0) is 16.5. The maximum Gasteiger partial charge on any atom is 0.349 e. The van der Waals surface area contributed by atoms with Gasteiger partial charge in [-0.3, -0.25) is 0 Å². The van der Waals surface area contributed by atoms with Gasteiger partial charge in [0.25, 0.3) is 0 Å². The average molecular weight is 301 g/mol. The fourth-order valence-corrected chi connectivity index (χ4v) is 1.71. The van der Waals surface area contributed by atoms with Crippen molar-refractivity contribution in [1.29, 1.82) is 5.26 Å². The molecule has 0 heterocycles. The molecular formula is C17H19NO4. The molecule has 22 heavy (non-hydrogen) atoms. The molecule has 0 saturated heterocycles. The highest BCUT2D eigenvalue weighted by molar-refractivity contribution is 5.99. The van der Waals surface area contributed by atoms with Gasteiger partial charge in [-0.1, -0.05) is 44.2 Å². The minimum atomic E-state index is -1.03. The molecular weight excluding hydrogens is 282 g/mol. The standard InChI is InChI=1S/C17H19NO4/c1-4-21-17(20)15(12(2)3)22-16(19)14(11-18)10-13-8-6-5-7-9-13/h5-10,12,15H,4H2,1-3H3/t15-/m0/s1. The van der Waals surface area contributed by atoms with Crippen molar-refractivity contribution in [2.45, 2.75) is 26.9 Å². The molecule has 0 aromatic heterocycles. The van der Waals surface area contributed by atoms with Crippen LogP contribution >= 0.6 is 0 Å². The van der Waals surface area contributed by atoms with E-state index >= 15 is 0 Å². The van der Waals surface area contributed by atoms with Crippen LogP contribution in [0.4, 0.5) is 0 Å². The highest BCUT2D eigenvalue weighted by Crippen LogP contribution is 2.13. The van der Waals surface area contributed by atoms with Crippen molar-refractivity contribution in [2.24, 2.45) is 5.92 Å². The Morgan fingerprint density at radius 3 is 2.41 bits per heavy atom. The van der Waals surface area contributed by atoms with E-state index in [0.717, 1.165) is 0 Å². The van der Waals surface area contributed by atoms with E-state index < -0.39 is 18.0 Å². The molecule has 0 unspecified atom stereocenters. The first kappa shape index (κ1) is 17.4. The van der Waals surface area contributed by atoms with Gasteiger partial charge >= 0.3 is 11.9 Å². The summed E-state index contributed by atoms with van der Waals surface area (Å²) in [5, 5.41) is 9.12. The van der Waals surface area contributed by atoms with E-state index in [2.05, 4.69) is 0 Å². The van der Waals surface area contributed by atoms with Gasteiger partial charge in [-0.2, -0.15) is 5.26 Å². The summed E-state index contributed by atoms with van der Waals surface area (Å²) in [4.78, 5) is 23.9. The lowest BCUT2D eigenvalue weighted by Gasteiger charge is -2.19. The molecule has 0 spiro atoms. The highest BCUT2D eigenvalue weighted by atomic mass is 16.6. The predicted molar refractivity (Wildman–Crippen MR) is 81.4 cm³/mol. The Bertz CT molecular complexity index is 584. The Hall–Kier alpha value is -2.61. The number of rotatable bonds is 6. The summed E-state index contributed by atoms with van der Waals surface area (Å²) in [5.41, 5.74) is 0.536. The molecule has 0 aliphatic heterocycles. The van der Waals surface area contributed by atoms with Crippen LogP contribution in [0.1, 0.15) is 26.3 Å². The Balaban J connectivity index is 2.90. The van der Waals surface area contributed by atoms with Crippen molar-refractivity contribution < 1.29 is 19.1 Å². The number of ether oxygens (including phenoxy) is 2. The van der Waals surface area contributed by atoms with Crippen LogP contribution in [-0.4, -0.2) is 24.6 Å². The van der Waals surface area contributed by atoms with Crippen molar-refractivity contribution in [1.82, 2.24) is 0 Å². The van der Waals surface area contributed by atoms with Gasteiger partial charge in [-0.05, 0) is 18.6 Å². The van der Waals surface area contributed by atoms with Gasteiger partial charge in [0.2, 0.25) is 6.10 Å². The molecule has 116 valence electrons. The molecule has 0 aliphatic carbocycles. The molecule has 1 aromatic carbocycles. The Labute approximate surface area is 130 Å². The van der Waals surface area contributed by atoms with E-state index in [-0.39, 0.29) is 18.1 Å². The molecule has 1 atom stereocenters. The smallest absolute Gasteiger partial charge is 0.349 e. The molecule has 5 heteroatoms. The molecule has 0 radical (unpaired) electrons. The Morgan fingerprint density at radius 2 is 1.91 bits per heavy atom. The van der Waals surface area contributed by atoms with Gasteiger partial charge in [0, 0.05) is 5.92 Å². The molecule has 1 rings (SSSR count). The number of hydrogen-bond acceptors (Lipinski definition) is 5. The topological polar surface area (TPSA) is 76.4 Å². The van der Waals surface area contributed by atoms with Gasteiger partial charge in [-0.25, -0.2) is 9.59 Å². The first-order valence-corrected chi connectivity index (χ1v) is 7.04. The maximum absolute atomic E-state index is 12.1. The van der Waals surface area contributed by atoms with Gasteiger partial charge in [0.05, 0.1) is 6.61 Å². The van der Waals surface area contributed by atoms with Crippen molar-refractivity contribution in [2.75, 3.05) is 6.61 Å². The summed E-state index contributed by atoms with van der Waals surface area (Å²) in [7, 11) is 0. The molecule has 1 aromatic rings. The number of hydrogen-bond donors (Lipinski definition) is 0. The normalized spacial score (nSPS) is 12.4. The first-order valence-electron chi connectivity index (χ1n) is 7.04. The second-order valence-corrected chi connectivity index (χ2v) is 4.90. The monoisotopic (exact) mass is 301 g/mol. The summed E-state index contributed by atoms with van der Waals surface area (Å²) < 4.78 is 10.0. The van der Waals surface area contributed by atoms with Gasteiger partial charge in [0.1, 0.15) is 11.6 Å². The van der Waals surface area contributed by atoms with Crippen LogP contribution in [0, 0.1) is 17.2 Å². The first-order chi connectivity index (χ1) is 10.5.